The summed E-state index contributed by atoms with van der Waals surface area (Å²) in [4.78, 5) is 27.9. The van der Waals surface area contributed by atoms with Crippen LogP contribution in [0.15, 0.2) is 78.4 Å². The van der Waals surface area contributed by atoms with Crippen molar-refractivity contribution in [1.29, 1.82) is 0 Å². The number of Topliss-reactive ketones (excluding diaryl/α,β-unsaturated/α-hetero) is 1. The minimum absolute atomic E-state index is 0.00482. The number of phenolic OH excluding ortho intramolecular Hbond substituents is 1. The van der Waals surface area contributed by atoms with Gasteiger partial charge in [-0.3, -0.25) is 14.5 Å². The third-order valence-electron chi connectivity index (χ3n) is 5.74. The highest BCUT2D eigenvalue weighted by molar-refractivity contribution is 6.51. The van der Waals surface area contributed by atoms with Gasteiger partial charge in [0.1, 0.15) is 17.3 Å². The molecule has 0 radical (unpaired) electrons. The van der Waals surface area contributed by atoms with Crippen LogP contribution in [0.5, 0.6) is 11.5 Å². The Morgan fingerprint density at radius 3 is 2.24 bits per heavy atom. The number of hydrogen-bond acceptors (Lipinski definition) is 5. The minimum Gasteiger partial charge on any atom is -0.508 e. The Balaban J connectivity index is 1.83. The van der Waals surface area contributed by atoms with E-state index >= 15 is 0 Å². The van der Waals surface area contributed by atoms with Gasteiger partial charge in [-0.25, -0.2) is 0 Å². The van der Waals surface area contributed by atoms with E-state index in [2.05, 4.69) is 13.8 Å². The van der Waals surface area contributed by atoms with Gasteiger partial charge in [-0.1, -0.05) is 44.2 Å². The van der Waals surface area contributed by atoms with Crippen LogP contribution >= 0.6 is 0 Å². The number of anilines is 1. The first-order valence-corrected chi connectivity index (χ1v) is 11.2. The van der Waals surface area contributed by atoms with Crippen LogP contribution in [-0.2, 0) is 9.59 Å². The highest BCUT2D eigenvalue weighted by Crippen LogP contribution is 2.43. The van der Waals surface area contributed by atoms with E-state index < -0.39 is 17.7 Å². The quantitative estimate of drug-likeness (QED) is 0.296. The average Bonchev–Trinajstić information content (AvgIpc) is 3.09. The molecule has 1 aliphatic rings. The van der Waals surface area contributed by atoms with E-state index in [1.807, 2.05) is 19.1 Å². The second-order valence-corrected chi connectivity index (χ2v) is 8.78. The van der Waals surface area contributed by atoms with E-state index in [1.165, 1.54) is 17.0 Å². The third-order valence-corrected chi connectivity index (χ3v) is 5.74. The Labute approximate surface area is 198 Å². The fourth-order valence-electron chi connectivity index (χ4n) is 4.01. The van der Waals surface area contributed by atoms with Crippen LogP contribution in [-0.4, -0.2) is 28.5 Å². The molecular weight excluding hydrogens is 430 g/mol. The molecule has 1 amide bonds. The van der Waals surface area contributed by atoms with Gasteiger partial charge in [-0.15, -0.1) is 0 Å². The van der Waals surface area contributed by atoms with Gasteiger partial charge in [0.2, 0.25) is 0 Å². The van der Waals surface area contributed by atoms with Gasteiger partial charge in [0.15, 0.2) is 0 Å². The highest BCUT2D eigenvalue weighted by atomic mass is 16.5. The summed E-state index contributed by atoms with van der Waals surface area (Å²) >= 11 is 0. The number of rotatable bonds is 6. The van der Waals surface area contributed by atoms with Gasteiger partial charge >= 0.3 is 0 Å². The molecule has 2 N–H and O–H groups in total. The number of aryl methyl sites for hydroxylation is 1. The van der Waals surface area contributed by atoms with Gasteiger partial charge in [0, 0.05) is 11.3 Å². The number of aromatic hydroxyl groups is 1. The first-order valence-electron chi connectivity index (χ1n) is 11.2. The number of carbonyl (C=O) groups is 2. The standard InChI is InChI=1S/C28H27NO5/c1-17(2)16-34-22-14-10-20(11-15-22)26(31)24-25(19-8-12-21(30)13-9-19)29(28(33)27(24)32)23-7-5-4-6-18(23)3/h4-15,17,25,30-31H,16H2,1-3H3/b26-24+. The van der Waals surface area contributed by atoms with Crippen molar-refractivity contribution in [1.82, 2.24) is 0 Å². The molecule has 0 bridgehead atoms. The summed E-state index contributed by atoms with van der Waals surface area (Å²) in [5, 5.41) is 21.0. The third kappa shape index (κ3) is 4.39. The molecule has 3 aromatic rings. The number of para-hydroxylation sites is 1. The number of aliphatic hydroxyl groups excluding tert-OH is 1. The van der Waals surface area contributed by atoms with Crippen molar-refractivity contribution < 1.29 is 24.5 Å². The summed E-state index contributed by atoms with van der Waals surface area (Å²) in [6.45, 7) is 6.53. The molecule has 0 saturated carbocycles. The molecule has 6 heteroatoms. The molecule has 3 aromatic carbocycles. The lowest BCUT2D eigenvalue weighted by atomic mass is 9.95. The van der Waals surface area contributed by atoms with E-state index in [0.717, 1.165) is 5.56 Å². The molecule has 4 rings (SSSR count). The van der Waals surface area contributed by atoms with Crippen molar-refractivity contribution in [2.75, 3.05) is 11.5 Å². The second-order valence-electron chi connectivity index (χ2n) is 8.78. The first-order chi connectivity index (χ1) is 16.3. The molecule has 1 aliphatic heterocycles. The van der Waals surface area contributed by atoms with Crippen molar-refractivity contribution in [3.05, 3.63) is 95.1 Å². The van der Waals surface area contributed by atoms with E-state index in [9.17, 15) is 19.8 Å². The van der Waals surface area contributed by atoms with Gasteiger partial charge in [-0.05, 0) is 66.4 Å². The largest absolute Gasteiger partial charge is 0.508 e. The first kappa shape index (κ1) is 23.1. The lowest BCUT2D eigenvalue weighted by Crippen LogP contribution is -2.30. The van der Waals surface area contributed by atoms with Crippen molar-refractivity contribution in [3.8, 4) is 11.5 Å². The molecule has 1 unspecified atom stereocenters. The normalized spacial score (nSPS) is 17.4. The van der Waals surface area contributed by atoms with E-state index in [-0.39, 0.29) is 17.1 Å². The molecule has 0 spiro atoms. The zero-order valence-electron chi connectivity index (χ0n) is 19.4. The molecule has 0 aromatic heterocycles. The van der Waals surface area contributed by atoms with Crippen molar-refractivity contribution in [3.63, 3.8) is 0 Å². The smallest absolute Gasteiger partial charge is 0.300 e. The number of ether oxygens (including phenoxy) is 1. The summed E-state index contributed by atoms with van der Waals surface area (Å²) in [6.07, 6.45) is 0. The Morgan fingerprint density at radius 1 is 0.971 bits per heavy atom. The number of phenols is 1. The second kappa shape index (κ2) is 9.43. The van der Waals surface area contributed by atoms with Crippen LogP contribution in [0.25, 0.3) is 5.76 Å². The Morgan fingerprint density at radius 2 is 1.62 bits per heavy atom. The fraction of sp³-hybridized carbons (Fsp3) is 0.214. The summed E-state index contributed by atoms with van der Waals surface area (Å²) in [7, 11) is 0. The topological polar surface area (TPSA) is 87.1 Å². The van der Waals surface area contributed by atoms with E-state index in [1.54, 1.807) is 48.5 Å². The lowest BCUT2D eigenvalue weighted by Gasteiger charge is -2.26. The van der Waals surface area contributed by atoms with Crippen LogP contribution in [0.4, 0.5) is 5.69 Å². The van der Waals surface area contributed by atoms with E-state index in [4.69, 9.17) is 4.74 Å². The molecule has 174 valence electrons. The molecule has 1 atom stereocenters. The van der Waals surface area contributed by atoms with Gasteiger partial charge < -0.3 is 14.9 Å². The molecule has 1 fully saturated rings. The maximum atomic E-state index is 13.2. The van der Waals surface area contributed by atoms with Crippen molar-refractivity contribution in [2.24, 2.45) is 5.92 Å². The van der Waals surface area contributed by atoms with Crippen LogP contribution < -0.4 is 9.64 Å². The monoisotopic (exact) mass is 457 g/mol. The number of aliphatic hydroxyl groups is 1. The number of amides is 1. The van der Waals surface area contributed by atoms with Crippen LogP contribution in [0, 0.1) is 12.8 Å². The molecule has 6 nitrogen and oxygen atoms in total. The van der Waals surface area contributed by atoms with Crippen LogP contribution in [0.1, 0.15) is 36.6 Å². The molecule has 0 aliphatic carbocycles. The SMILES string of the molecule is Cc1ccccc1N1C(=O)C(=O)/C(=C(/O)c2ccc(OCC(C)C)cc2)C1c1ccc(O)cc1. The summed E-state index contributed by atoms with van der Waals surface area (Å²) in [5.74, 6) is -0.655. The van der Waals surface area contributed by atoms with Gasteiger partial charge in [0.25, 0.3) is 11.7 Å². The van der Waals surface area contributed by atoms with Crippen molar-refractivity contribution >= 4 is 23.1 Å². The molecule has 34 heavy (non-hydrogen) atoms. The van der Waals surface area contributed by atoms with Gasteiger partial charge in [0.05, 0.1) is 18.2 Å². The number of carbonyl (C=O) groups excluding carboxylic acids is 2. The number of ketones is 1. The summed E-state index contributed by atoms with van der Waals surface area (Å²) < 4.78 is 5.70. The molecule has 1 heterocycles. The zero-order valence-corrected chi connectivity index (χ0v) is 19.4. The number of benzene rings is 3. The lowest BCUT2D eigenvalue weighted by molar-refractivity contribution is -0.132. The Bertz CT molecular complexity index is 1240. The predicted molar refractivity (Wildman–Crippen MR) is 131 cm³/mol. The maximum absolute atomic E-state index is 13.2. The predicted octanol–water partition coefficient (Wildman–Crippen LogP) is 5.36. The molecule has 1 saturated heterocycles. The van der Waals surface area contributed by atoms with Crippen LogP contribution in [0.2, 0.25) is 0 Å². The number of nitrogens with zero attached hydrogens (tertiary/aromatic N) is 1. The summed E-state index contributed by atoms with van der Waals surface area (Å²) in [5.41, 5.74) is 2.40. The molecular formula is C28H27NO5. The maximum Gasteiger partial charge on any atom is 0.300 e. The van der Waals surface area contributed by atoms with Gasteiger partial charge in [-0.2, -0.15) is 0 Å². The Hall–Kier alpha value is -4.06. The Kier molecular flexibility index (Phi) is 6.41. The summed E-state index contributed by atoms with van der Waals surface area (Å²) in [6, 6.07) is 19.5. The van der Waals surface area contributed by atoms with Crippen molar-refractivity contribution in [2.45, 2.75) is 26.8 Å². The minimum atomic E-state index is -0.849. The highest BCUT2D eigenvalue weighted by Gasteiger charge is 2.47. The fourth-order valence-corrected chi connectivity index (χ4v) is 4.01. The number of hydrogen-bond donors (Lipinski definition) is 2. The van der Waals surface area contributed by atoms with E-state index in [0.29, 0.717) is 35.1 Å². The van der Waals surface area contributed by atoms with Crippen LogP contribution in [0.3, 0.4) is 0 Å². The zero-order chi connectivity index (χ0) is 24.4. The average molecular weight is 458 g/mol.